The Morgan fingerprint density at radius 3 is 2.52 bits per heavy atom. The Kier molecular flexibility index (Phi) is 6.61. The standard InChI is InChI=1S/C21H24N4O4S2/c1-5-29-21(28)15-10(4)13(17(23)26)20(30-15)25-18(27)16-14(22)12-7-6-11(8-9(2)3)24-19(12)31-16/h6-7,9H,5,8,22H2,1-4H3,(H2,23,26)(H,25,27). The van der Waals surface area contributed by atoms with Gasteiger partial charge in [-0.1, -0.05) is 13.8 Å². The van der Waals surface area contributed by atoms with Crippen molar-refractivity contribution in [1.82, 2.24) is 4.98 Å². The first-order chi connectivity index (χ1) is 14.6. The lowest BCUT2D eigenvalue weighted by atomic mass is 10.1. The van der Waals surface area contributed by atoms with Crippen LogP contribution in [0.3, 0.4) is 0 Å². The minimum Gasteiger partial charge on any atom is -0.462 e. The third-order valence-electron chi connectivity index (χ3n) is 4.56. The molecule has 0 aromatic carbocycles. The Balaban J connectivity index is 1.96. The zero-order valence-electron chi connectivity index (χ0n) is 17.7. The number of anilines is 2. The van der Waals surface area contributed by atoms with E-state index in [2.05, 4.69) is 24.1 Å². The molecule has 0 spiro atoms. The van der Waals surface area contributed by atoms with Crippen LogP contribution in [0.5, 0.6) is 0 Å². The zero-order valence-corrected chi connectivity index (χ0v) is 19.3. The van der Waals surface area contributed by atoms with Crippen molar-refractivity contribution < 1.29 is 19.1 Å². The molecule has 5 N–H and O–H groups in total. The molecule has 3 aromatic rings. The first-order valence-electron chi connectivity index (χ1n) is 9.73. The average Bonchev–Trinajstić information content (AvgIpc) is 3.18. The van der Waals surface area contributed by atoms with E-state index in [1.54, 1.807) is 13.8 Å². The van der Waals surface area contributed by atoms with Gasteiger partial charge in [0, 0.05) is 11.1 Å². The number of primary amides is 1. The predicted octanol–water partition coefficient (Wildman–Crippen LogP) is 3.97. The number of nitrogens with two attached hydrogens (primary N) is 2. The molecule has 0 bridgehead atoms. The highest BCUT2D eigenvalue weighted by molar-refractivity contribution is 7.21. The van der Waals surface area contributed by atoms with E-state index in [1.807, 2.05) is 12.1 Å². The van der Waals surface area contributed by atoms with Crippen molar-refractivity contribution in [2.75, 3.05) is 17.7 Å². The molecule has 3 rings (SSSR count). The summed E-state index contributed by atoms with van der Waals surface area (Å²) in [5.74, 6) is -1.36. The van der Waals surface area contributed by atoms with E-state index in [4.69, 9.17) is 16.2 Å². The van der Waals surface area contributed by atoms with Crippen LogP contribution in [0.25, 0.3) is 10.2 Å². The van der Waals surface area contributed by atoms with E-state index >= 15 is 0 Å². The second-order valence-corrected chi connectivity index (χ2v) is 9.42. The minimum atomic E-state index is -0.746. The Labute approximate surface area is 187 Å². The normalized spacial score (nSPS) is 11.1. The summed E-state index contributed by atoms with van der Waals surface area (Å²) in [5, 5.41) is 3.57. The molecule has 0 fully saturated rings. The topological polar surface area (TPSA) is 137 Å². The molecule has 0 unspecified atom stereocenters. The zero-order chi connectivity index (χ0) is 22.9. The second-order valence-electron chi connectivity index (χ2n) is 7.40. The van der Waals surface area contributed by atoms with Gasteiger partial charge in [-0.3, -0.25) is 9.59 Å². The highest BCUT2D eigenvalue weighted by Crippen LogP contribution is 2.37. The quantitative estimate of drug-likeness (QED) is 0.456. The number of esters is 1. The number of hydrogen-bond acceptors (Lipinski definition) is 8. The molecule has 31 heavy (non-hydrogen) atoms. The maximum absolute atomic E-state index is 13.0. The lowest BCUT2D eigenvalue weighted by Crippen LogP contribution is -2.17. The van der Waals surface area contributed by atoms with Gasteiger partial charge >= 0.3 is 5.97 Å². The molecule has 0 saturated heterocycles. The molecule has 10 heteroatoms. The van der Waals surface area contributed by atoms with Crippen molar-refractivity contribution in [1.29, 1.82) is 0 Å². The van der Waals surface area contributed by atoms with E-state index in [-0.39, 0.29) is 26.9 Å². The molecule has 0 aliphatic rings. The molecular weight excluding hydrogens is 436 g/mol. The summed E-state index contributed by atoms with van der Waals surface area (Å²) in [7, 11) is 0. The van der Waals surface area contributed by atoms with Crippen LogP contribution < -0.4 is 16.8 Å². The highest BCUT2D eigenvalue weighted by Gasteiger charge is 2.26. The highest BCUT2D eigenvalue weighted by atomic mass is 32.1. The molecule has 0 aliphatic carbocycles. The average molecular weight is 461 g/mol. The number of fused-ring (bicyclic) bond motifs is 1. The van der Waals surface area contributed by atoms with Crippen molar-refractivity contribution in [2.24, 2.45) is 11.7 Å². The summed E-state index contributed by atoms with van der Waals surface area (Å²) < 4.78 is 5.02. The summed E-state index contributed by atoms with van der Waals surface area (Å²) in [6, 6.07) is 3.78. The van der Waals surface area contributed by atoms with Gasteiger partial charge in [0.15, 0.2) is 0 Å². The van der Waals surface area contributed by atoms with Gasteiger partial charge in [-0.2, -0.15) is 0 Å². The fourth-order valence-corrected chi connectivity index (χ4v) is 5.29. The molecule has 0 saturated carbocycles. The van der Waals surface area contributed by atoms with Gasteiger partial charge in [-0.05, 0) is 43.9 Å². The van der Waals surface area contributed by atoms with Crippen molar-refractivity contribution in [2.45, 2.75) is 34.1 Å². The van der Waals surface area contributed by atoms with Gasteiger partial charge in [-0.15, -0.1) is 22.7 Å². The lowest BCUT2D eigenvalue weighted by Gasteiger charge is -2.04. The Morgan fingerprint density at radius 2 is 1.90 bits per heavy atom. The molecule has 3 heterocycles. The van der Waals surface area contributed by atoms with E-state index in [9.17, 15) is 14.4 Å². The number of nitrogen functional groups attached to an aromatic ring is 1. The van der Waals surface area contributed by atoms with Crippen molar-refractivity contribution >= 4 is 61.4 Å². The van der Waals surface area contributed by atoms with Gasteiger partial charge < -0.3 is 21.5 Å². The maximum atomic E-state index is 13.0. The Bertz CT molecular complexity index is 1180. The largest absolute Gasteiger partial charge is 0.462 e. The number of carbonyl (C=O) groups excluding carboxylic acids is 3. The summed E-state index contributed by atoms with van der Waals surface area (Å²) in [6.45, 7) is 7.68. The molecule has 3 aromatic heterocycles. The van der Waals surface area contributed by atoms with E-state index in [1.165, 1.54) is 11.3 Å². The van der Waals surface area contributed by atoms with Crippen molar-refractivity contribution in [3.63, 3.8) is 0 Å². The van der Waals surface area contributed by atoms with Gasteiger partial charge in [0.2, 0.25) is 0 Å². The number of aromatic nitrogens is 1. The fourth-order valence-electron chi connectivity index (χ4n) is 3.19. The van der Waals surface area contributed by atoms with Crippen LogP contribution in [0, 0.1) is 12.8 Å². The summed E-state index contributed by atoms with van der Waals surface area (Å²) in [6.07, 6.45) is 0.822. The van der Waals surface area contributed by atoms with E-state index in [0.717, 1.165) is 23.5 Å². The number of nitrogens with zero attached hydrogens (tertiary/aromatic N) is 1. The minimum absolute atomic E-state index is 0.0819. The molecular formula is C21H24N4O4S2. The number of pyridine rings is 1. The maximum Gasteiger partial charge on any atom is 0.348 e. The summed E-state index contributed by atoms with van der Waals surface area (Å²) in [5.41, 5.74) is 13.4. The van der Waals surface area contributed by atoms with Crippen LogP contribution in [0.1, 0.15) is 61.7 Å². The molecule has 8 nitrogen and oxygen atoms in total. The van der Waals surface area contributed by atoms with Gasteiger partial charge in [-0.25, -0.2) is 9.78 Å². The molecule has 0 atom stereocenters. The number of nitrogens with one attached hydrogen (secondary N) is 1. The van der Waals surface area contributed by atoms with Gasteiger partial charge in [0.1, 0.15) is 19.6 Å². The summed E-state index contributed by atoms with van der Waals surface area (Å²) in [4.78, 5) is 42.9. The first-order valence-corrected chi connectivity index (χ1v) is 11.4. The molecule has 0 radical (unpaired) electrons. The van der Waals surface area contributed by atoms with Gasteiger partial charge in [0.05, 0.1) is 17.9 Å². The van der Waals surface area contributed by atoms with E-state index in [0.29, 0.717) is 27.4 Å². The van der Waals surface area contributed by atoms with Crippen LogP contribution in [-0.2, 0) is 11.2 Å². The fraction of sp³-hybridized carbons (Fsp3) is 0.333. The Morgan fingerprint density at radius 1 is 1.19 bits per heavy atom. The number of ether oxygens (including phenoxy) is 1. The summed E-state index contributed by atoms with van der Waals surface area (Å²) >= 11 is 2.13. The van der Waals surface area contributed by atoms with Crippen LogP contribution in [0.15, 0.2) is 12.1 Å². The molecule has 164 valence electrons. The smallest absolute Gasteiger partial charge is 0.348 e. The number of rotatable bonds is 7. The van der Waals surface area contributed by atoms with E-state index < -0.39 is 17.8 Å². The number of thiophene rings is 2. The van der Waals surface area contributed by atoms with Crippen molar-refractivity contribution in [3.8, 4) is 0 Å². The van der Waals surface area contributed by atoms with Crippen LogP contribution >= 0.6 is 22.7 Å². The molecule has 2 amide bonds. The monoisotopic (exact) mass is 460 g/mol. The van der Waals surface area contributed by atoms with Crippen LogP contribution in [-0.4, -0.2) is 29.4 Å². The molecule has 0 aliphatic heterocycles. The Hall–Kier alpha value is -2.98. The number of amides is 2. The van der Waals surface area contributed by atoms with Crippen LogP contribution in [0.2, 0.25) is 0 Å². The first kappa shape index (κ1) is 22.7. The second kappa shape index (κ2) is 9.03. The number of carbonyl (C=O) groups is 3. The van der Waals surface area contributed by atoms with Crippen LogP contribution in [0.4, 0.5) is 10.7 Å². The SMILES string of the molecule is CCOC(=O)c1sc(NC(=O)c2sc3nc(CC(C)C)ccc3c2N)c(C(N)=O)c1C. The number of hydrogen-bond donors (Lipinski definition) is 3. The third kappa shape index (κ3) is 4.54. The van der Waals surface area contributed by atoms with Crippen molar-refractivity contribution in [3.05, 3.63) is 38.7 Å². The van der Waals surface area contributed by atoms with Gasteiger partial charge in [0.25, 0.3) is 11.8 Å². The third-order valence-corrected chi connectivity index (χ3v) is 6.86. The predicted molar refractivity (Wildman–Crippen MR) is 124 cm³/mol. The lowest BCUT2D eigenvalue weighted by molar-refractivity contribution is 0.0531.